The molecule has 0 saturated heterocycles. The van der Waals surface area contributed by atoms with Gasteiger partial charge in [-0.15, -0.1) is 0 Å². The molecule has 2 N–H and O–H groups in total. The highest BCUT2D eigenvalue weighted by molar-refractivity contribution is 5.95. The zero-order chi connectivity index (χ0) is 15.1. The smallest absolute Gasteiger partial charge is 0.254 e. The van der Waals surface area contributed by atoms with Crippen LogP contribution in [0.25, 0.3) is 0 Å². The summed E-state index contributed by atoms with van der Waals surface area (Å²) >= 11 is 0. The maximum absolute atomic E-state index is 12.6. The van der Waals surface area contributed by atoms with Crippen molar-refractivity contribution in [2.45, 2.75) is 6.42 Å². The largest absolute Gasteiger partial charge is 0.486 e. The molecule has 1 heterocycles. The molecule has 1 aromatic rings. The summed E-state index contributed by atoms with van der Waals surface area (Å²) in [5, 5.41) is 0. The molecule has 0 bridgehead atoms. The lowest BCUT2D eigenvalue weighted by atomic mass is 10.1. The molecule has 0 radical (unpaired) electrons. The number of rotatable bonds is 7. The van der Waals surface area contributed by atoms with Crippen LogP contribution >= 0.6 is 0 Å². The van der Waals surface area contributed by atoms with Crippen molar-refractivity contribution < 1.29 is 19.0 Å². The van der Waals surface area contributed by atoms with Crippen LogP contribution in [0.5, 0.6) is 11.5 Å². The Morgan fingerprint density at radius 3 is 2.76 bits per heavy atom. The van der Waals surface area contributed by atoms with Crippen molar-refractivity contribution >= 4 is 5.91 Å². The topological polar surface area (TPSA) is 74.0 Å². The predicted octanol–water partition coefficient (Wildman–Crippen LogP) is 0.895. The Kier molecular flexibility index (Phi) is 5.83. The summed E-state index contributed by atoms with van der Waals surface area (Å²) in [6.45, 7) is 3.26. The first-order chi connectivity index (χ1) is 10.3. The molecule has 1 aliphatic heterocycles. The molecule has 21 heavy (non-hydrogen) atoms. The van der Waals surface area contributed by atoms with Gasteiger partial charge in [0.05, 0.1) is 6.61 Å². The first-order valence-corrected chi connectivity index (χ1v) is 7.14. The van der Waals surface area contributed by atoms with E-state index in [0.29, 0.717) is 56.5 Å². The lowest BCUT2D eigenvalue weighted by Gasteiger charge is -2.23. The van der Waals surface area contributed by atoms with Crippen LogP contribution in [0.3, 0.4) is 0 Å². The van der Waals surface area contributed by atoms with Crippen LogP contribution in [0.1, 0.15) is 16.8 Å². The van der Waals surface area contributed by atoms with Crippen LogP contribution in [-0.2, 0) is 4.74 Å². The van der Waals surface area contributed by atoms with Gasteiger partial charge in [0.15, 0.2) is 11.5 Å². The van der Waals surface area contributed by atoms with Gasteiger partial charge in [-0.1, -0.05) is 0 Å². The van der Waals surface area contributed by atoms with Crippen LogP contribution in [0.15, 0.2) is 18.2 Å². The molecule has 116 valence electrons. The van der Waals surface area contributed by atoms with Gasteiger partial charge in [0.25, 0.3) is 5.91 Å². The standard InChI is InChI=1S/C15H22N2O4/c1-19-8-7-17(6-2-5-16)15(18)12-3-4-13-14(11-12)21-10-9-20-13/h3-4,11H,2,5-10,16H2,1H3. The van der Waals surface area contributed by atoms with Crippen LogP contribution in [-0.4, -0.2) is 57.4 Å². The quantitative estimate of drug-likeness (QED) is 0.808. The van der Waals surface area contributed by atoms with Gasteiger partial charge >= 0.3 is 0 Å². The summed E-state index contributed by atoms with van der Waals surface area (Å²) in [6.07, 6.45) is 0.764. The van der Waals surface area contributed by atoms with E-state index in [4.69, 9.17) is 19.9 Å². The number of nitrogens with zero attached hydrogens (tertiary/aromatic N) is 1. The number of carbonyl (C=O) groups excluding carboxylic acids is 1. The molecule has 0 aliphatic carbocycles. The Labute approximate surface area is 124 Å². The monoisotopic (exact) mass is 294 g/mol. The number of hydrogen-bond acceptors (Lipinski definition) is 5. The van der Waals surface area contributed by atoms with Gasteiger partial charge in [-0.2, -0.15) is 0 Å². The molecular weight excluding hydrogens is 272 g/mol. The summed E-state index contributed by atoms with van der Waals surface area (Å²) in [5.74, 6) is 1.26. The second kappa shape index (κ2) is 7.85. The van der Waals surface area contributed by atoms with Gasteiger partial charge in [0.1, 0.15) is 13.2 Å². The molecule has 0 aromatic heterocycles. The van der Waals surface area contributed by atoms with Crippen LogP contribution in [0.2, 0.25) is 0 Å². The van der Waals surface area contributed by atoms with Crippen molar-refractivity contribution in [3.05, 3.63) is 23.8 Å². The Balaban J connectivity index is 2.11. The highest BCUT2D eigenvalue weighted by Gasteiger charge is 2.19. The van der Waals surface area contributed by atoms with Gasteiger partial charge in [-0.3, -0.25) is 4.79 Å². The Morgan fingerprint density at radius 2 is 2.05 bits per heavy atom. The third-order valence-electron chi connectivity index (χ3n) is 3.27. The van der Waals surface area contributed by atoms with E-state index < -0.39 is 0 Å². The van der Waals surface area contributed by atoms with E-state index in [2.05, 4.69) is 0 Å². The zero-order valence-electron chi connectivity index (χ0n) is 12.3. The van der Waals surface area contributed by atoms with Crippen molar-refractivity contribution in [2.75, 3.05) is 46.6 Å². The van der Waals surface area contributed by atoms with Gasteiger partial charge in [-0.25, -0.2) is 0 Å². The predicted molar refractivity (Wildman–Crippen MR) is 78.9 cm³/mol. The van der Waals surface area contributed by atoms with Crippen molar-refractivity contribution in [1.29, 1.82) is 0 Å². The third-order valence-corrected chi connectivity index (χ3v) is 3.27. The highest BCUT2D eigenvalue weighted by Crippen LogP contribution is 2.31. The number of carbonyl (C=O) groups is 1. The number of nitrogens with two attached hydrogens (primary N) is 1. The lowest BCUT2D eigenvalue weighted by molar-refractivity contribution is 0.0693. The second-order valence-corrected chi connectivity index (χ2v) is 4.79. The van der Waals surface area contributed by atoms with E-state index in [1.807, 2.05) is 0 Å². The molecule has 6 heteroatoms. The number of amides is 1. The molecule has 1 aromatic carbocycles. The van der Waals surface area contributed by atoms with Crippen LogP contribution < -0.4 is 15.2 Å². The van der Waals surface area contributed by atoms with Gasteiger partial charge in [0.2, 0.25) is 0 Å². The molecule has 0 atom stereocenters. The fraction of sp³-hybridized carbons (Fsp3) is 0.533. The zero-order valence-corrected chi connectivity index (χ0v) is 12.3. The fourth-order valence-electron chi connectivity index (χ4n) is 2.16. The average molecular weight is 294 g/mol. The Hall–Kier alpha value is -1.79. The Morgan fingerprint density at radius 1 is 1.29 bits per heavy atom. The minimum Gasteiger partial charge on any atom is -0.486 e. The van der Waals surface area contributed by atoms with Gasteiger partial charge in [-0.05, 0) is 31.2 Å². The van der Waals surface area contributed by atoms with Crippen molar-refractivity contribution in [2.24, 2.45) is 5.73 Å². The summed E-state index contributed by atoms with van der Waals surface area (Å²) in [4.78, 5) is 14.3. The summed E-state index contributed by atoms with van der Waals surface area (Å²) in [6, 6.07) is 5.27. The molecule has 2 rings (SSSR count). The lowest BCUT2D eigenvalue weighted by Crippen LogP contribution is -2.35. The first kappa shape index (κ1) is 15.6. The third kappa shape index (κ3) is 4.09. The maximum atomic E-state index is 12.6. The average Bonchev–Trinajstić information content (AvgIpc) is 2.54. The van der Waals surface area contributed by atoms with Crippen molar-refractivity contribution in [3.63, 3.8) is 0 Å². The Bertz CT molecular complexity index is 471. The fourth-order valence-corrected chi connectivity index (χ4v) is 2.16. The molecular formula is C15H22N2O4. The summed E-state index contributed by atoms with van der Waals surface area (Å²) in [5.41, 5.74) is 6.12. The van der Waals surface area contributed by atoms with Crippen molar-refractivity contribution in [3.8, 4) is 11.5 Å². The van der Waals surface area contributed by atoms with E-state index in [1.54, 1.807) is 30.2 Å². The normalized spacial score (nSPS) is 13.0. The molecule has 0 fully saturated rings. The minimum atomic E-state index is -0.0440. The number of ether oxygens (including phenoxy) is 3. The van der Waals surface area contributed by atoms with Crippen LogP contribution in [0, 0.1) is 0 Å². The first-order valence-electron chi connectivity index (χ1n) is 7.14. The number of hydrogen-bond donors (Lipinski definition) is 1. The SMILES string of the molecule is COCCN(CCCN)C(=O)c1ccc2c(c1)OCCO2. The number of methoxy groups -OCH3 is 1. The number of benzene rings is 1. The van der Waals surface area contributed by atoms with E-state index in [1.165, 1.54) is 0 Å². The highest BCUT2D eigenvalue weighted by atomic mass is 16.6. The molecule has 0 spiro atoms. The van der Waals surface area contributed by atoms with Gasteiger partial charge in [0, 0.05) is 25.8 Å². The van der Waals surface area contributed by atoms with E-state index in [9.17, 15) is 4.79 Å². The summed E-state index contributed by atoms with van der Waals surface area (Å²) < 4.78 is 16.0. The molecule has 1 aliphatic rings. The minimum absolute atomic E-state index is 0.0440. The van der Waals surface area contributed by atoms with E-state index >= 15 is 0 Å². The molecule has 0 saturated carbocycles. The van der Waals surface area contributed by atoms with Gasteiger partial charge < -0.3 is 24.8 Å². The molecule has 0 unspecified atom stereocenters. The maximum Gasteiger partial charge on any atom is 0.254 e. The van der Waals surface area contributed by atoms with Crippen LogP contribution in [0.4, 0.5) is 0 Å². The summed E-state index contributed by atoms with van der Waals surface area (Å²) in [7, 11) is 1.62. The van der Waals surface area contributed by atoms with E-state index in [-0.39, 0.29) is 5.91 Å². The number of fused-ring (bicyclic) bond motifs is 1. The molecule has 6 nitrogen and oxygen atoms in total. The van der Waals surface area contributed by atoms with Crippen molar-refractivity contribution in [1.82, 2.24) is 4.90 Å². The van der Waals surface area contributed by atoms with E-state index in [0.717, 1.165) is 6.42 Å². The second-order valence-electron chi connectivity index (χ2n) is 4.79. The molecule has 1 amide bonds.